The molecule has 1 aromatic rings. The van der Waals surface area contributed by atoms with Crippen LogP contribution in [0.5, 0.6) is 5.75 Å². The van der Waals surface area contributed by atoms with Crippen LogP contribution in [0.25, 0.3) is 0 Å². The number of rotatable bonds is 3. The molecule has 0 bridgehead atoms. The van der Waals surface area contributed by atoms with Gasteiger partial charge in [-0.2, -0.15) is 0 Å². The Morgan fingerprint density at radius 1 is 1.47 bits per heavy atom. The van der Waals surface area contributed by atoms with E-state index in [9.17, 15) is 9.18 Å². The average molecular weight is 212 g/mol. The number of carbonyl (C=O) groups excluding carboxylic acids is 1. The van der Waals surface area contributed by atoms with Crippen molar-refractivity contribution in [2.45, 2.75) is 20.0 Å². The third-order valence-corrected chi connectivity index (χ3v) is 1.92. The molecule has 15 heavy (non-hydrogen) atoms. The Bertz CT molecular complexity index is 363. The van der Waals surface area contributed by atoms with Gasteiger partial charge in [0.2, 0.25) is 0 Å². The quantitative estimate of drug-likeness (QED) is 0.719. The number of methoxy groups -OCH3 is 1. The Balaban J connectivity index is 2.80. The first-order valence-electron chi connectivity index (χ1n) is 4.55. The lowest BCUT2D eigenvalue weighted by Crippen LogP contribution is -2.25. The minimum absolute atomic E-state index is 0.0629. The van der Waals surface area contributed by atoms with Crippen LogP contribution in [0.1, 0.15) is 12.5 Å². The van der Waals surface area contributed by atoms with Crippen LogP contribution >= 0.6 is 0 Å². The smallest absolute Gasteiger partial charge is 0.346 e. The Hall–Kier alpha value is -1.58. The number of ether oxygens (including phenoxy) is 2. The van der Waals surface area contributed by atoms with Gasteiger partial charge in [-0.1, -0.05) is 6.07 Å². The second-order valence-corrected chi connectivity index (χ2v) is 3.22. The number of esters is 1. The van der Waals surface area contributed by atoms with E-state index < -0.39 is 17.9 Å². The molecule has 0 saturated carbocycles. The standard InChI is InChI=1S/C11H13FO3/c1-7-4-5-9(12)10(6-7)15-8(2)11(13)14-3/h4-6,8H,1-3H3/t8-/m0/s1. The van der Waals surface area contributed by atoms with Gasteiger partial charge in [-0.25, -0.2) is 9.18 Å². The molecule has 0 saturated heterocycles. The molecule has 0 radical (unpaired) electrons. The van der Waals surface area contributed by atoms with E-state index in [2.05, 4.69) is 4.74 Å². The molecule has 0 aliphatic heterocycles. The zero-order valence-electron chi connectivity index (χ0n) is 8.91. The van der Waals surface area contributed by atoms with Crippen LogP contribution in [0.2, 0.25) is 0 Å². The first kappa shape index (κ1) is 11.5. The lowest BCUT2D eigenvalue weighted by atomic mass is 10.2. The number of carbonyl (C=O) groups is 1. The summed E-state index contributed by atoms with van der Waals surface area (Å²) in [5.41, 5.74) is 0.864. The molecule has 0 aliphatic rings. The molecule has 1 aromatic carbocycles. The van der Waals surface area contributed by atoms with Crippen LogP contribution in [0, 0.1) is 12.7 Å². The fraction of sp³-hybridized carbons (Fsp3) is 0.364. The number of hydrogen-bond donors (Lipinski definition) is 0. The van der Waals surface area contributed by atoms with Gasteiger partial charge in [0.05, 0.1) is 7.11 Å². The van der Waals surface area contributed by atoms with Crippen LogP contribution in [-0.4, -0.2) is 19.2 Å². The van der Waals surface area contributed by atoms with Crippen LogP contribution in [0.4, 0.5) is 4.39 Å². The molecule has 82 valence electrons. The Morgan fingerprint density at radius 3 is 2.73 bits per heavy atom. The molecule has 0 heterocycles. The van der Waals surface area contributed by atoms with E-state index in [1.54, 1.807) is 6.07 Å². The molecule has 3 nitrogen and oxygen atoms in total. The zero-order valence-corrected chi connectivity index (χ0v) is 8.91. The maximum absolute atomic E-state index is 13.2. The monoisotopic (exact) mass is 212 g/mol. The molecule has 0 amide bonds. The van der Waals surface area contributed by atoms with Crippen molar-refractivity contribution < 1.29 is 18.7 Å². The molecular weight excluding hydrogens is 199 g/mol. The minimum atomic E-state index is -0.814. The fourth-order valence-corrected chi connectivity index (χ4v) is 1.11. The van der Waals surface area contributed by atoms with Crippen molar-refractivity contribution in [3.63, 3.8) is 0 Å². The second-order valence-electron chi connectivity index (χ2n) is 3.22. The van der Waals surface area contributed by atoms with Crippen LogP contribution < -0.4 is 4.74 Å². The molecule has 0 aliphatic carbocycles. The second kappa shape index (κ2) is 4.77. The number of halogens is 1. The third kappa shape index (κ3) is 2.94. The number of benzene rings is 1. The zero-order chi connectivity index (χ0) is 11.4. The molecular formula is C11H13FO3. The van der Waals surface area contributed by atoms with Crippen molar-refractivity contribution in [2.75, 3.05) is 7.11 Å². The van der Waals surface area contributed by atoms with E-state index in [1.807, 2.05) is 6.92 Å². The molecule has 1 rings (SSSR count). The van der Waals surface area contributed by atoms with E-state index in [4.69, 9.17) is 4.74 Å². The minimum Gasteiger partial charge on any atom is -0.476 e. The van der Waals surface area contributed by atoms with E-state index in [-0.39, 0.29) is 5.75 Å². The summed E-state index contributed by atoms with van der Waals surface area (Å²) in [6.45, 7) is 3.32. The van der Waals surface area contributed by atoms with Crippen molar-refractivity contribution in [3.8, 4) is 5.75 Å². The lowest BCUT2D eigenvalue weighted by molar-refractivity contribution is -0.148. The highest BCUT2D eigenvalue weighted by molar-refractivity contribution is 5.74. The van der Waals surface area contributed by atoms with Crippen molar-refractivity contribution >= 4 is 5.97 Å². The van der Waals surface area contributed by atoms with Crippen molar-refractivity contribution in [1.82, 2.24) is 0 Å². The lowest BCUT2D eigenvalue weighted by Gasteiger charge is -2.13. The van der Waals surface area contributed by atoms with Crippen molar-refractivity contribution in [1.29, 1.82) is 0 Å². The maximum Gasteiger partial charge on any atom is 0.346 e. The molecule has 0 aromatic heterocycles. The number of hydrogen-bond acceptors (Lipinski definition) is 3. The Labute approximate surface area is 87.8 Å². The van der Waals surface area contributed by atoms with Gasteiger partial charge >= 0.3 is 5.97 Å². The highest BCUT2D eigenvalue weighted by Gasteiger charge is 2.16. The van der Waals surface area contributed by atoms with Gasteiger partial charge in [-0.05, 0) is 31.5 Å². The summed E-state index contributed by atoms with van der Waals surface area (Å²) in [5.74, 6) is -0.958. The highest BCUT2D eigenvalue weighted by atomic mass is 19.1. The first-order chi connectivity index (χ1) is 7.04. The average Bonchev–Trinajstić information content (AvgIpc) is 2.22. The molecule has 0 N–H and O–H groups in total. The summed E-state index contributed by atoms with van der Waals surface area (Å²) in [7, 11) is 1.26. The summed E-state index contributed by atoms with van der Waals surface area (Å²) in [6.07, 6.45) is -0.814. The summed E-state index contributed by atoms with van der Waals surface area (Å²) >= 11 is 0. The molecule has 1 atom stereocenters. The van der Waals surface area contributed by atoms with Gasteiger partial charge in [-0.15, -0.1) is 0 Å². The van der Waals surface area contributed by atoms with E-state index in [0.717, 1.165) is 5.56 Å². The Morgan fingerprint density at radius 2 is 2.13 bits per heavy atom. The van der Waals surface area contributed by atoms with Gasteiger partial charge in [0.25, 0.3) is 0 Å². The van der Waals surface area contributed by atoms with Gasteiger partial charge in [-0.3, -0.25) is 0 Å². The molecule has 4 heteroatoms. The van der Waals surface area contributed by atoms with Gasteiger partial charge in [0, 0.05) is 0 Å². The SMILES string of the molecule is COC(=O)[C@H](C)Oc1cc(C)ccc1F. The van der Waals surface area contributed by atoms with Gasteiger partial charge < -0.3 is 9.47 Å². The summed E-state index contributed by atoms with van der Waals surface area (Å²) in [6, 6.07) is 4.47. The topological polar surface area (TPSA) is 35.5 Å². The molecule has 0 unspecified atom stereocenters. The summed E-state index contributed by atoms with van der Waals surface area (Å²) in [5, 5.41) is 0. The largest absolute Gasteiger partial charge is 0.476 e. The van der Waals surface area contributed by atoms with Crippen molar-refractivity contribution in [2.24, 2.45) is 0 Å². The summed E-state index contributed by atoms with van der Waals surface area (Å²) in [4.78, 5) is 11.0. The van der Waals surface area contributed by atoms with E-state index in [0.29, 0.717) is 0 Å². The maximum atomic E-state index is 13.2. The molecule has 0 spiro atoms. The Kier molecular flexibility index (Phi) is 3.66. The van der Waals surface area contributed by atoms with E-state index in [1.165, 1.54) is 26.2 Å². The van der Waals surface area contributed by atoms with Gasteiger partial charge in [0.15, 0.2) is 17.7 Å². The van der Waals surface area contributed by atoms with Crippen LogP contribution in [0.15, 0.2) is 18.2 Å². The van der Waals surface area contributed by atoms with Crippen LogP contribution in [0.3, 0.4) is 0 Å². The predicted octanol–water partition coefficient (Wildman–Crippen LogP) is 2.07. The predicted molar refractivity (Wildman–Crippen MR) is 53.2 cm³/mol. The van der Waals surface area contributed by atoms with E-state index >= 15 is 0 Å². The summed E-state index contributed by atoms with van der Waals surface area (Å²) < 4.78 is 22.8. The van der Waals surface area contributed by atoms with Gasteiger partial charge in [0.1, 0.15) is 0 Å². The van der Waals surface area contributed by atoms with Crippen molar-refractivity contribution in [3.05, 3.63) is 29.6 Å². The normalized spacial score (nSPS) is 12.0. The third-order valence-electron chi connectivity index (χ3n) is 1.92. The van der Waals surface area contributed by atoms with Crippen LogP contribution in [-0.2, 0) is 9.53 Å². The highest BCUT2D eigenvalue weighted by Crippen LogP contribution is 2.19. The fourth-order valence-electron chi connectivity index (χ4n) is 1.11. The first-order valence-corrected chi connectivity index (χ1v) is 4.55. The molecule has 0 fully saturated rings. The number of aryl methyl sites for hydroxylation is 1.